The average Bonchev–Trinajstić information content (AvgIpc) is 2.08. The van der Waals surface area contributed by atoms with Crippen LogP contribution < -0.4 is 0 Å². The highest BCUT2D eigenvalue weighted by atomic mass is 16.6. The molecule has 0 aliphatic rings. The van der Waals surface area contributed by atoms with Gasteiger partial charge >= 0.3 is 6.09 Å². The van der Waals surface area contributed by atoms with Gasteiger partial charge in [-0.2, -0.15) is 0 Å². The van der Waals surface area contributed by atoms with Gasteiger partial charge in [0.15, 0.2) is 5.78 Å². The number of rotatable bonds is 4. The molecule has 4 heteroatoms. The number of ether oxygens (including phenoxy) is 1. The lowest BCUT2D eigenvalue weighted by molar-refractivity contribution is -0.112. The SMILES string of the molecule is C=C(C)CN(/C=C/C(C)=O)C(=O)OC(C)(C)C. The number of amides is 1. The molecule has 0 aromatic heterocycles. The Kier molecular flexibility index (Phi) is 5.65. The third kappa shape index (κ3) is 8.25. The molecule has 0 saturated heterocycles. The normalized spacial score (nSPS) is 11.4. The predicted molar refractivity (Wildman–Crippen MR) is 67.6 cm³/mol. The molecule has 0 unspecified atom stereocenters. The number of nitrogens with zero attached hydrogens (tertiary/aromatic N) is 1. The van der Waals surface area contributed by atoms with E-state index in [1.807, 2.05) is 0 Å². The van der Waals surface area contributed by atoms with E-state index in [9.17, 15) is 9.59 Å². The zero-order valence-corrected chi connectivity index (χ0v) is 11.2. The fraction of sp³-hybridized carbons (Fsp3) is 0.538. The van der Waals surface area contributed by atoms with Gasteiger partial charge in [0.1, 0.15) is 5.60 Å². The molecule has 1 amide bonds. The molecule has 0 rings (SSSR count). The molecule has 0 aromatic rings. The Morgan fingerprint density at radius 3 is 2.18 bits per heavy atom. The standard InChI is InChI=1S/C13H21NO3/c1-10(2)9-14(8-7-11(3)15)12(16)17-13(4,5)6/h7-8H,1,9H2,2-6H3/b8-7+. The summed E-state index contributed by atoms with van der Waals surface area (Å²) in [6.45, 7) is 12.7. The van der Waals surface area contributed by atoms with Crippen molar-refractivity contribution in [3.05, 3.63) is 24.4 Å². The van der Waals surface area contributed by atoms with Crippen LogP contribution in [0.5, 0.6) is 0 Å². The van der Waals surface area contributed by atoms with Crippen molar-refractivity contribution in [2.24, 2.45) is 0 Å². The fourth-order valence-corrected chi connectivity index (χ4v) is 0.984. The van der Waals surface area contributed by atoms with Crippen LogP contribution in [0, 0.1) is 0 Å². The first-order chi connectivity index (χ1) is 7.61. The van der Waals surface area contributed by atoms with E-state index < -0.39 is 11.7 Å². The van der Waals surface area contributed by atoms with Gasteiger partial charge in [-0.15, -0.1) is 0 Å². The van der Waals surface area contributed by atoms with Crippen LogP contribution in [0.15, 0.2) is 24.4 Å². The van der Waals surface area contributed by atoms with Gasteiger partial charge in [-0.1, -0.05) is 12.2 Å². The van der Waals surface area contributed by atoms with E-state index in [1.165, 1.54) is 24.1 Å². The Labute approximate surface area is 103 Å². The van der Waals surface area contributed by atoms with Crippen molar-refractivity contribution < 1.29 is 14.3 Å². The molecule has 0 atom stereocenters. The van der Waals surface area contributed by atoms with E-state index in [0.717, 1.165) is 5.57 Å². The molecular formula is C13H21NO3. The highest BCUT2D eigenvalue weighted by molar-refractivity contribution is 5.87. The van der Waals surface area contributed by atoms with E-state index >= 15 is 0 Å². The summed E-state index contributed by atoms with van der Waals surface area (Å²) >= 11 is 0. The third-order valence-electron chi connectivity index (χ3n) is 1.56. The maximum atomic E-state index is 11.8. The molecule has 0 fully saturated rings. The van der Waals surface area contributed by atoms with Gasteiger partial charge in [0.25, 0.3) is 0 Å². The van der Waals surface area contributed by atoms with Gasteiger partial charge in [0, 0.05) is 12.7 Å². The average molecular weight is 239 g/mol. The number of carbonyl (C=O) groups is 2. The van der Waals surface area contributed by atoms with Crippen molar-refractivity contribution >= 4 is 11.9 Å². The maximum Gasteiger partial charge on any atom is 0.414 e. The lowest BCUT2D eigenvalue weighted by Gasteiger charge is -2.25. The highest BCUT2D eigenvalue weighted by Gasteiger charge is 2.20. The Bertz CT molecular complexity index is 337. The second kappa shape index (κ2) is 6.23. The minimum Gasteiger partial charge on any atom is -0.443 e. The van der Waals surface area contributed by atoms with Crippen LogP contribution in [-0.4, -0.2) is 28.9 Å². The van der Waals surface area contributed by atoms with Crippen molar-refractivity contribution in [1.82, 2.24) is 4.90 Å². The Balaban J connectivity index is 4.73. The van der Waals surface area contributed by atoms with Crippen LogP contribution >= 0.6 is 0 Å². The molecule has 0 bridgehead atoms. The Morgan fingerprint density at radius 1 is 1.29 bits per heavy atom. The fourth-order valence-electron chi connectivity index (χ4n) is 0.984. The number of hydrogen-bond donors (Lipinski definition) is 0. The second-order valence-electron chi connectivity index (χ2n) is 4.99. The van der Waals surface area contributed by atoms with E-state index in [0.29, 0.717) is 6.54 Å². The van der Waals surface area contributed by atoms with Crippen molar-refractivity contribution in [2.45, 2.75) is 40.2 Å². The van der Waals surface area contributed by atoms with Crippen LogP contribution in [-0.2, 0) is 9.53 Å². The molecule has 0 saturated carbocycles. The largest absolute Gasteiger partial charge is 0.443 e. The smallest absolute Gasteiger partial charge is 0.414 e. The predicted octanol–water partition coefficient (Wildman–Crippen LogP) is 2.90. The van der Waals surface area contributed by atoms with Gasteiger partial charge in [-0.3, -0.25) is 9.69 Å². The van der Waals surface area contributed by atoms with Gasteiger partial charge in [-0.05, 0) is 40.7 Å². The van der Waals surface area contributed by atoms with E-state index in [2.05, 4.69) is 6.58 Å². The lowest BCUT2D eigenvalue weighted by Crippen LogP contribution is -2.34. The number of ketones is 1. The molecule has 96 valence electrons. The molecule has 0 N–H and O–H groups in total. The van der Waals surface area contributed by atoms with Crippen LogP contribution in [0.4, 0.5) is 4.79 Å². The first kappa shape index (κ1) is 15.4. The summed E-state index contributed by atoms with van der Waals surface area (Å²) in [6.07, 6.45) is 2.26. The molecule has 4 nitrogen and oxygen atoms in total. The first-order valence-corrected chi connectivity index (χ1v) is 5.44. The molecule has 0 heterocycles. The summed E-state index contributed by atoms with van der Waals surface area (Å²) in [7, 11) is 0. The van der Waals surface area contributed by atoms with Gasteiger partial charge in [0.2, 0.25) is 0 Å². The third-order valence-corrected chi connectivity index (χ3v) is 1.56. The summed E-state index contributed by atoms with van der Waals surface area (Å²) in [4.78, 5) is 24.0. The molecule has 0 aliphatic heterocycles. The minimum atomic E-state index is -0.561. The van der Waals surface area contributed by atoms with Crippen molar-refractivity contribution in [2.75, 3.05) is 6.54 Å². The molecule has 17 heavy (non-hydrogen) atoms. The van der Waals surface area contributed by atoms with Gasteiger partial charge in [-0.25, -0.2) is 4.79 Å². The number of carbonyl (C=O) groups excluding carboxylic acids is 2. The van der Waals surface area contributed by atoms with Gasteiger partial charge in [0.05, 0.1) is 0 Å². The van der Waals surface area contributed by atoms with Crippen LogP contribution in [0.1, 0.15) is 34.6 Å². The number of allylic oxidation sites excluding steroid dienone is 1. The van der Waals surface area contributed by atoms with Crippen molar-refractivity contribution in [3.63, 3.8) is 0 Å². The van der Waals surface area contributed by atoms with Gasteiger partial charge < -0.3 is 4.74 Å². The number of hydrogen-bond acceptors (Lipinski definition) is 3. The molecular weight excluding hydrogens is 218 g/mol. The summed E-state index contributed by atoms with van der Waals surface area (Å²) in [5.41, 5.74) is 0.248. The quantitative estimate of drug-likeness (QED) is 0.559. The zero-order valence-electron chi connectivity index (χ0n) is 11.2. The van der Waals surface area contributed by atoms with Crippen LogP contribution in [0.25, 0.3) is 0 Å². The molecule has 0 radical (unpaired) electrons. The molecule has 0 aliphatic carbocycles. The summed E-state index contributed by atoms with van der Waals surface area (Å²) in [5.74, 6) is -0.125. The highest BCUT2D eigenvalue weighted by Crippen LogP contribution is 2.11. The summed E-state index contributed by atoms with van der Waals surface area (Å²) in [6, 6.07) is 0. The first-order valence-electron chi connectivity index (χ1n) is 5.44. The monoisotopic (exact) mass is 239 g/mol. The van der Waals surface area contributed by atoms with Crippen molar-refractivity contribution in [3.8, 4) is 0 Å². The van der Waals surface area contributed by atoms with Crippen LogP contribution in [0.2, 0.25) is 0 Å². The second-order valence-corrected chi connectivity index (χ2v) is 4.99. The van der Waals surface area contributed by atoms with E-state index in [4.69, 9.17) is 4.74 Å². The summed E-state index contributed by atoms with van der Waals surface area (Å²) < 4.78 is 5.22. The lowest BCUT2D eigenvalue weighted by atomic mass is 10.2. The zero-order chi connectivity index (χ0) is 13.6. The van der Waals surface area contributed by atoms with E-state index in [-0.39, 0.29) is 5.78 Å². The van der Waals surface area contributed by atoms with E-state index in [1.54, 1.807) is 27.7 Å². The maximum absolute atomic E-state index is 11.8. The Morgan fingerprint density at radius 2 is 1.82 bits per heavy atom. The Hall–Kier alpha value is -1.58. The molecule has 0 spiro atoms. The molecule has 0 aromatic carbocycles. The summed E-state index contributed by atoms with van der Waals surface area (Å²) in [5, 5.41) is 0. The van der Waals surface area contributed by atoms with Crippen LogP contribution in [0.3, 0.4) is 0 Å². The van der Waals surface area contributed by atoms with Crippen molar-refractivity contribution in [1.29, 1.82) is 0 Å². The topological polar surface area (TPSA) is 46.6 Å². The minimum absolute atomic E-state index is 0.125.